The van der Waals surface area contributed by atoms with Crippen molar-refractivity contribution >= 4 is 18.2 Å². The van der Waals surface area contributed by atoms with Crippen LogP contribution >= 0.6 is 0 Å². The SMILES string of the molecule is CC(=O)OC/C=N/NC(N)=O. The summed E-state index contributed by atoms with van der Waals surface area (Å²) >= 11 is 0. The summed E-state index contributed by atoms with van der Waals surface area (Å²) in [5.74, 6) is -0.407. The molecule has 11 heavy (non-hydrogen) atoms. The maximum absolute atomic E-state index is 10.1. The number of hydrogen-bond acceptors (Lipinski definition) is 4. The van der Waals surface area contributed by atoms with Crippen LogP contribution in [0.4, 0.5) is 4.79 Å². The molecule has 0 aromatic heterocycles. The number of esters is 1. The third-order valence-electron chi connectivity index (χ3n) is 0.627. The Balaban J connectivity index is 3.30. The molecule has 0 aromatic rings. The fourth-order valence-electron chi connectivity index (χ4n) is 0.301. The largest absolute Gasteiger partial charge is 0.460 e. The summed E-state index contributed by atoms with van der Waals surface area (Å²) in [5, 5.41) is 3.32. The Labute approximate surface area is 63.4 Å². The molecule has 0 saturated heterocycles. The molecule has 0 aromatic carbocycles. The van der Waals surface area contributed by atoms with Gasteiger partial charge in [-0.1, -0.05) is 0 Å². The van der Waals surface area contributed by atoms with E-state index >= 15 is 0 Å². The van der Waals surface area contributed by atoms with Crippen molar-refractivity contribution in [1.82, 2.24) is 5.43 Å². The lowest BCUT2D eigenvalue weighted by molar-refractivity contribution is -0.139. The summed E-state index contributed by atoms with van der Waals surface area (Å²) in [5.41, 5.74) is 6.60. The van der Waals surface area contributed by atoms with Crippen molar-refractivity contribution in [2.45, 2.75) is 6.92 Å². The van der Waals surface area contributed by atoms with Crippen molar-refractivity contribution in [2.75, 3.05) is 6.61 Å². The smallest absolute Gasteiger partial charge is 0.332 e. The fraction of sp³-hybridized carbons (Fsp3) is 0.400. The normalized spacial score (nSPS) is 9.55. The molecule has 0 aliphatic carbocycles. The maximum atomic E-state index is 10.1. The number of primary amides is 1. The monoisotopic (exact) mass is 159 g/mol. The number of nitrogens with two attached hydrogens (primary N) is 1. The third-order valence-corrected chi connectivity index (χ3v) is 0.627. The number of rotatable bonds is 3. The number of hydrazone groups is 1. The Morgan fingerprint density at radius 2 is 2.36 bits per heavy atom. The van der Waals surface area contributed by atoms with Gasteiger partial charge in [-0.15, -0.1) is 0 Å². The van der Waals surface area contributed by atoms with Gasteiger partial charge in [-0.25, -0.2) is 10.2 Å². The maximum Gasteiger partial charge on any atom is 0.332 e. The van der Waals surface area contributed by atoms with Crippen molar-refractivity contribution in [3.8, 4) is 0 Å². The lowest BCUT2D eigenvalue weighted by atomic mass is 10.7. The standard InChI is InChI=1S/C5H9N3O3/c1-4(9)11-3-2-7-8-5(6)10/h2H,3H2,1H3,(H3,6,8,10)/b7-2+. The molecule has 2 amide bonds. The van der Waals surface area contributed by atoms with E-state index in [2.05, 4.69) is 15.6 Å². The predicted octanol–water partition coefficient (Wildman–Crippen LogP) is -0.796. The zero-order valence-corrected chi connectivity index (χ0v) is 6.03. The van der Waals surface area contributed by atoms with Crippen LogP contribution < -0.4 is 11.2 Å². The van der Waals surface area contributed by atoms with Crippen molar-refractivity contribution in [3.63, 3.8) is 0 Å². The molecule has 0 bridgehead atoms. The predicted molar refractivity (Wildman–Crippen MR) is 37.8 cm³/mol. The molecule has 0 atom stereocenters. The summed E-state index contributed by atoms with van der Waals surface area (Å²) in [7, 11) is 0. The highest BCUT2D eigenvalue weighted by Gasteiger charge is 1.87. The Bertz CT molecular complexity index is 178. The molecule has 0 aliphatic heterocycles. The molecule has 6 heteroatoms. The number of carbonyl (C=O) groups is 2. The second kappa shape index (κ2) is 5.21. The first-order valence-electron chi connectivity index (χ1n) is 2.83. The quantitative estimate of drug-likeness (QED) is 0.321. The highest BCUT2D eigenvalue weighted by atomic mass is 16.5. The molecule has 62 valence electrons. The highest BCUT2D eigenvalue weighted by Crippen LogP contribution is 1.71. The van der Waals surface area contributed by atoms with Crippen LogP contribution in [-0.4, -0.2) is 24.8 Å². The molecule has 3 N–H and O–H groups in total. The van der Waals surface area contributed by atoms with Gasteiger partial charge < -0.3 is 10.5 Å². The first kappa shape index (κ1) is 9.41. The number of ether oxygens (including phenoxy) is 1. The molecule has 0 spiro atoms. The van der Waals surface area contributed by atoms with Gasteiger partial charge in [0.25, 0.3) is 0 Å². The Morgan fingerprint density at radius 1 is 1.73 bits per heavy atom. The van der Waals surface area contributed by atoms with Gasteiger partial charge >= 0.3 is 12.0 Å². The van der Waals surface area contributed by atoms with E-state index in [9.17, 15) is 9.59 Å². The number of urea groups is 1. The molecule has 6 nitrogen and oxygen atoms in total. The summed E-state index contributed by atoms with van der Waals surface area (Å²) in [6, 6.07) is -0.760. The van der Waals surface area contributed by atoms with Gasteiger partial charge in [0, 0.05) is 6.92 Å². The minimum Gasteiger partial charge on any atom is -0.460 e. The third kappa shape index (κ3) is 8.41. The molecule has 0 heterocycles. The molecular formula is C5H9N3O3. The van der Waals surface area contributed by atoms with Gasteiger partial charge in [-0.05, 0) is 0 Å². The van der Waals surface area contributed by atoms with Crippen LogP contribution in [0.25, 0.3) is 0 Å². The van der Waals surface area contributed by atoms with Crippen LogP contribution in [0.15, 0.2) is 5.10 Å². The van der Waals surface area contributed by atoms with E-state index in [4.69, 9.17) is 0 Å². The van der Waals surface area contributed by atoms with Crippen LogP contribution in [0.5, 0.6) is 0 Å². The van der Waals surface area contributed by atoms with E-state index in [0.717, 1.165) is 0 Å². The summed E-state index contributed by atoms with van der Waals surface area (Å²) in [4.78, 5) is 20.1. The Hall–Kier alpha value is -1.59. The van der Waals surface area contributed by atoms with Gasteiger partial charge in [-0.2, -0.15) is 5.10 Å². The fourth-order valence-corrected chi connectivity index (χ4v) is 0.301. The Morgan fingerprint density at radius 3 is 2.82 bits per heavy atom. The van der Waals surface area contributed by atoms with Crippen LogP contribution in [-0.2, 0) is 9.53 Å². The lowest BCUT2D eigenvalue weighted by Crippen LogP contribution is -2.24. The number of nitrogens with zero attached hydrogens (tertiary/aromatic N) is 1. The van der Waals surface area contributed by atoms with Crippen molar-refractivity contribution in [2.24, 2.45) is 10.8 Å². The van der Waals surface area contributed by atoms with E-state index in [-0.39, 0.29) is 6.61 Å². The Kier molecular flexibility index (Phi) is 4.46. The molecule has 0 saturated carbocycles. The van der Waals surface area contributed by atoms with Crippen molar-refractivity contribution < 1.29 is 14.3 Å². The first-order chi connectivity index (χ1) is 5.13. The number of hydrogen-bond donors (Lipinski definition) is 2. The average Bonchev–Trinajstić information content (AvgIpc) is 1.85. The molecule has 0 fully saturated rings. The highest BCUT2D eigenvalue weighted by molar-refractivity contribution is 5.73. The minimum absolute atomic E-state index is 0.0234. The molecule has 0 radical (unpaired) electrons. The summed E-state index contributed by atoms with van der Waals surface area (Å²) < 4.78 is 4.44. The van der Waals surface area contributed by atoms with E-state index in [1.54, 1.807) is 0 Å². The van der Waals surface area contributed by atoms with Gasteiger partial charge in [0.15, 0.2) is 0 Å². The number of amides is 2. The van der Waals surface area contributed by atoms with Gasteiger partial charge in [-0.3, -0.25) is 4.79 Å². The van der Waals surface area contributed by atoms with E-state index < -0.39 is 12.0 Å². The lowest BCUT2D eigenvalue weighted by Gasteiger charge is -1.93. The van der Waals surface area contributed by atoms with Gasteiger partial charge in [0.2, 0.25) is 0 Å². The second-order valence-corrected chi connectivity index (χ2v) is 1.59. The minimum atomic E-state index is -0.760. The van der Waals surface area contributed by atoms with Crippen LogP contribution in [0.3, 0.4) is 0 Å². The van der Waals surface area contributed by atoms with Gasteiger partial charge in [0.1, 0.15) is 6.61 Å². The van der Waals surface area contributed by atoms with Crippen molar-refractivity contribution in [1.29, 1.82) is 0 Å². The molecule has 0 aliphatic rings. The average molecular weight is 159 g/mol. The summed E-state index contributed by atoms with van der Waals surface area (Å²) in [6.45, 7) is 1.30. The molecular weight excluding hydrogens is 150 g/mol. The summed E-state index contributed by atoms with van der Waals surface area (Å²) in [6.07, 6.45) is 1.21. The van der Waals surface area contributed by atoms with E-state index in [1.165, 1.54) is 13.1 Å². The van der Waals surface area contributed by atoms with E-state index in [0.29, 0.717) is 0 Å². The van der Waals surface area contributed by atoms with Crippen LogP contribution in [0.2, 0.25) is 0 Å². The van der Waals surface area contributed by atoms with Crippen LogP contribution in [0.1, 0.15) is 6.92 Å². The van der Waals surface area contributed by atoms with E-state index in [1.807, 2.05) is 5.43 Å². The zero-order chi connectivity index (χ0) is 8.69. The van der Waals surface area contributed by atoms with Crippen LogP contribution in [0, 0.1) is 0 Å². The van der Waals surface area contributed by atoms with Gasteiger partial charge in [0.05, 0.1) is 6.21 Å². The zero-order valence-electron chi connectivity index (χ0n) is 6.03. The topological polar surface area (TPSA) is 93.8 Å². The number of nitrogens with one attached hydrogen (secondary N) is 1. The molecule has 0 rings (SSSR count). The number of carbonyl (C=O) groups excluding carboxylic acids is 2. The first-order valence-corrected chi connectivity index (χ1v) is 2.83. The second-order valence-electron chi connectivity index (χ2n) is 1.59. The molecule has 0 unspecified atom stereocenters. The van der Waals surface area contributed by atoms with Crippen molar-refractivity contribution in [3.05, 3.63) is 0 Å².